The molecule has 0 radical (unpaired) electrons. The van der Waals surface area contributed by atoms with Crippen molar-refractivity contribution in [2.45, 2.75) is 6.17 Å². The van der Waals surface area contributed by atoms with E-state index in [9.17, 15) is 9.59 Å². The average Bonchev–Trinajstić information content (AvgIpc) is 3.13. The van der Waals surface area contributed by atoms with Gasteiger partial charge in [0.2, 0.25) is 17.8 Å². The molecule has 0 saturated carbocycles. The van der Waals surface area contributed by atoms with E-state index < -0.39 is 0 Å². The first kappa shape index (κ1) is 18.2. The van der Waals surface area contributed by atoms with Crippen LogP contribution in [0.4, 0.5) is 5.69 Å². The number of hydrogen-bond donors (Lipinski definition) is 4. The Hall–Kier alpha value is -2.20. The maximum Gasteiger partial charge on any atom is 0.238 e. The summed E-state index contributed by atoms with van der Waals surface area (Å²) in [5.74, 6) is 0.342. The third kappa shape index (κ3) is 4.06. The molecular weight excluding hydrogens is 370 g/mol. The van der Waals surface area contributed by atoms with Gasteiger partial charge in [0.05, 0.1) is 23.2 Å². The third-order valence-electron chi connectivity index (χ3n) is 4.97. The van der Waals surface area contributed by atoms with Crippen LogP contribution < -0.4 is 21.5 Å². The molecule has 0 aliphatic carbocycles. The zero-order valence-electron chi connectivity index (χ0n) is 14.7. The highest BCUT2D eigenvalue weighted by Crippen LogP contribution is 2.20. The van der Waals surface area contributed by atoms with Crippen LogP contribution >= 0.6 is 11.6 Å². The molecule has 4 N–H and O–H groups in total. The summed E-state index contributed by atoms with van der Waals surface area (Å²) in [5, 5.41) is 6.26. The van der Waals surface area contributed by atoms with Crippen LogP contribution in [-0.4, -0.2) is 73.0 Å². The minimum absolute atomic E-state index is 0.0101. The standard InChI is InChI=1S/C17H22ClN7O2/c18-12-3-1-2-4-13(12)20-14(26)10-24-5-7-25(8-6-24)17-21-15-11(9-19-23-15)16(27)22-17/h1-4,11,15,19,23H,5-10H2,(H,20,26)(H,21,22,27). The van der Waals surface area contributed by atoms with Crippen molar-refractivity contribution in [2.75, 3.05) is 44.6 Å². The second kappa shape index (κ2) is 7.81. The van der Waals surface area contributed by atoms with Gasteiger partial charge in [-0.15, -0.1) is 0 Å². The summed E-state index contributed by atoms with van der Waals surface area (Å²) < 4.78 is 0. The van der Waals surface area contributed by atoms with Crippen molar-refractivity contribution in [1.29, 1.82) is 0 Å². The number of amides is 2. The molecule has 2 saturated heterocycles. The summed E-state index contributed by atoms with van der Waals surface area (Å²) in [4.78, 5) is 33.2. The Balaban J connectivity index is 1.28. The van der Waals surface area contributed by atoms with E-state index in [0.29, 0.717) is 55.9 Å². The van der Waals surface area contributed by atoms with E-state index in [1.807, 2.05) is 12.1 Å². The molecule has 4 rings (SSSR count). The predicted molar refractivity (Wildman–Crippen MR) is 102 cm³/mol. The molecule has 0 bridgehead atoms. The number of aliphatic imine (C=N–C) groups is 1. The van der Waals surface area contributed by atoms with Gasteiger partial charge in [0.15, 0.2) is 0 Å². The number of hydrogen-bond acceptors (Lipinski definition) is 7. The Morgan fingerprint density at radius 2 is 2.04 bits per heavy atom. The first-order chi connectivity index (χ1) is 13.1. The lowest BCUT2D eigenvalue weighted by atomic mass is 10.1. The van der Waals surface area contributed by atoms with E-state index in [4.69, 9.17) is 11.6 Å². The summed E-state index contributed by atoms with van der Waals surface area (Å²) in [6.45, 7) is 3.71. The van der Waals surface area contributed by atoms with Crippen LogP contribution in [0.2, 0.25) is 5.02 Å². The molecule has 3 aliphatic heterocycles. The van der Waals surface area contributed by atoms with E-state index in [1.54, 1.807) is 12.1 Å². The molecule has 3 aliphatic rings. The second-order valence-corrected chi connectivity index (χ2v) is 7.22. The zero-order chi connectivity index (χ0) is 18.8. The molecule has 2 amide bonds. The highest BCUT2D eigenvalue weighted by atomic mass is 35.5. The van der Waals surface area contributed by atoms with Gasteiger partial charge < -0.3 is 10.2 Å². The van der Waals surface area contributed by atoms with Crippen LogP contribution in [0.1, 0.15) is 0 Å². The van der Waals surface area contributed by atoms with Gasteiger partial charge in [0.1, 0.15) is 6.17 Å². The van der Waals surface area contributed by atoms with Gasteiger partial charge in [-0.3, -0.25) is 25.2 Å². The van der Waals surface area contributed by atoms with Crippen LogP contribution in [0, 0.1) is 5.92 Å². The molecule has 2 atom stereocenters. The van der Waals surface area contributed by atoms with Gasteiger partial charge in [-0.25, -0.2) is 10.4 Å². The summed E-state index contributed by atoms with van der Waals surface area (Å²) >= 11 is 6.07. The summed E-state index contributed by atoms with van der Waals surface area (Å²) in [7, 11) is 0. The SMILES string of the molecule is O=C(CN1CCN(C2=NC3NNCC3C(=O)N2)CC1)Nc1ccccc1Cl. The fraction of sp³-hybridized carbons (Fsp3) is 0.471. The van der Waals surface area contributed by atoms with E-state index in [0.717, 1.165) is 0 Å². The first-order valence-electron chi connectivity index (χ1n) is 8.99. The molecule has 144 valence electrons. The van der Waals surface area contributed by atoms with Crippen LogP contribution in [0.25, 0.3) is 0 Å². The smallest absolute Gasteiger partial charge is 0.238 e. The Morgan fingerprint density at radius 1 is 1.26 bits per heavy atom. The quantitative estimate of drug-likeness (QED) is 0.550. The Labute approximate surface area is 162 Å². The lowest BCUT2D eigenvalue weighted by molar-refractivity contribution is -0.124. The minimum Gasteiger partial charge on any atom is -0.340 e. The number of fused-ring (bicyclic) bond motifs is 1. The number of nitrogens with one attached hydrogen (secondary N) is 4. The van der Waals surface area contributed by atoms with E-state index in [2.05, 4.69) is 36.3 Å². The number of carbonyl (C=O) groups excluding carboxylic acids is 2. The summed E-state index contributed by atoms with van der Waals surface area (Å²) in [6, 6.07) is 7.18. The molecule has 0 spiro atoms. The van der Waals surface area contributed by atoms with Gasteiger partial charge in [0.25, 0.3) is 0 Å². The van der Waals surface area contributed by atoms with Gasteiger partial charge >= 0.3 is 0 Å². The van der Waals surface area contributed by atoms with Crippen molar-refractivity contribution in [3.8, 4) is 0 Å². The van der Waals surface area contributed by atoms with E-state index in [-0.39, 0.29) is 23.9 Å². The number of halogens is 1. The van der Waals surface area contributed by atoms with Crippen LogP contribution in [0.15, 0.2) is 29.3 Å². The summed E-state index contributed by atoms with van der Waals surface area (Å²) in [5.41, 5.74) is 6.61. The molecule has 27 heavy (non-hydrogen) atoms. The molecule has 2 unspecified atom stereocenters. The monoisotopic (exact) mass is 391 g/mol. The van der Waals surface area contributed by atoms with Crippen LogP contribution in [0.5, 0.6) is 0 Å². The van der Waals surface area contributed by atoms with Crippen molar-refractivity contribution >= 4 is 35.1 Å². The zero-order valence-corrected chi connectivity index (χ0v) is 15.5. The molecular formula is C17H22ClN7O2. The molecule has 1 aromatic carbocycles. The number of guanidine groups is 1. The van der Waals surface area contributed by atoms with E-state index >= 15 is 0 Å². The number of piperazine rings is 1. The number of benzene rings is 1. The van der Waals surface area contributed by atoms with Gasteiger partial charge in [-0.2, -0.15) is 0 Å². The topological polar surface area (TPSA) is 101 Å². The lowest BCUT2D eigenvalue weighted by Gasteiger charge is -2.37. The van der Waals surface area contributed by atoms with Crippen LogP contribution in [0.3, 0.4) is 0 Å². The van der Waals surface area contributed by atoms with Crippen molar-refractivity contribution in [1.82, 2.24) is 26.0 Å². The normalized spacial score (nSPS) is 25.6. The van der Waals surface area contributed by atoms with E-state index in [1.165, 1.54) is 0 Å². The maximum absolute atomic E-state index is 12.3. The molecule has 10 heteroatoms. The van der Waals surface area contributed by atoms with Gasteiger partial charge in [-0.1, -0.05) is 23.7 Å². The largest absolute Gasteiger partial charge is 0.340 e. The minimum atomic E-state index is -0.215. The van der Waals surface area contributed by atoms with Crippen molar-refractivity contribution in [2.24, 2.45) is 10.9 Å². The number of carbonyl (C=O) groups is 2. The molecule has 2 fully saturated rings. The predicted octanol–water partition coefficient (Wildman–Crippen LogP) is -0.568. The van der Waals surface area contributed by atoms with Crippen molar-refractivity contribution < 1.29 is 9.59 Å². The molecule has 0 aromatic heterocycles. The van der Waals surface area contributed by atoms with Crippen LogP contribution in [-0.2, 0) is 9.59 Å². The number of para-hydroxylation sites is 1. The fourth-order valence-electron chi connectivity index (χ4n) is 3.44. The Bertz CT molecular complexity index is 763. The third-order valence-corrected chi connectivity index (χ3v) is 5.30. The Kier molecular flexibility index (Phi) is 5.26. The summed E-state index contributed by atoms with van der Waals surface area (Å²) in [6.07, 6.45) is -0.215. The highest BCUT2D eigenvalue weighted by Gasteiger charge is 2.38. The molecule has 9 nitrogen and oxygen atoms in total. The number of nitrogens with zero attached hydrogens (tertiary/aromatic N) is 3. The maximum atomic E-state index is 12.3. The lowest BCUT2D eigenvalue weighted by Crippen LogP contribution is -2.58. The van der Waals surface area contributed by atoms with Crippen molar-refractivity contribution in [3.63, 3.8) is 0 Å². The van der Waals surface area contributed by atoms with Gasteiger partial charge in [0, 0.05) is 32.7 Å². The number of anilines is 1. The molecule has 1 aromatic rings. The number of rotatable bonds is 3. The Morgan fingerprint density at radius 3 is 2.81 bits per heavy atom. The second-order valence-electron chi connectivity index (χ2n) is 6.81. The van der Waals surface area contributed by atoms with Gasteiger partial charge in [-0.05, 0) is 12.1 Å². The number of hydrazine groups is 1. The average molecular weight is 392 g/mol. The first-order valence-corrected chi connectivity index (χ1v) is 9.37. The highest BCUT2D eigenvalue weighted by molar-refractivity contribution is 6.33. The van der Waals surface area contributed by atoms with Crippen molar-refractivity contribution in [3.05, 3.63) is 29.3 Å². The fourth-order valence-corrected chi connectivity index (χ4v) is 3.63. The molecule has 3 heterocycles.